The Bertz CT molecular complexity index is 947. The molecule has 0 aliphatic carbocycles. The van der Waals surface area contributed by atoms with E-state index in [-0.39, 0.29) is 0 Å². The van der Waals surface area contributed by atoms with Crippen LogP contribution in [0.3, 0.4) is 0 Å². The molecule has 0 aliphatic heterocycles. The number of rotatable bonds is 7. The summed E-state index contributed by atoms with van der Waals surface area (Å²) in [7, 11) is 4.00. The van der Waals surface area contributed by atoms with E-state index in [4.69, 9.17) is 0 Å². The third-order valence-corrected chi connectivity index (χ3v) is 4.36. The van der Waals surface area contributed by atoms with Gasteiger partial charge in [-0.3, -0.25) is 0 Å². The van der Waals surface area contributed by atoms with Gasteiger partial charge in [0.2, 0.25) is 6.17 Å². The van der Waals surface area contributed by atoms with E-state index in [0.717, 1.165) is 16.9 Å². The second-order valence-corrected chi connectivity index (χ2v) is 7.09. The van der Waals surface area contributed by atoms with Crippen molar-refractivity contribution in [3.05, 3.63) is 78.1 Å². The minimum atomic E-state index is -0.575. The molecule has 0 radical (unpaired) electrons. The van der Waals surface area contributed by atoms with Gasteiger partial charge in [-0.2, -0.15) is 15.3 Å². The van der Waals surface area contributed by atoms with Crippen LogP contribution in [0.4, 0.5) is 17.3 Å². The Balaban J connectivity index is 1.86. The summed E-state index contributed by atoms with van der Waals surface area (Å²) in [4.78, 5) is 10.2. The van der Waals surface area contributed by atoms with E-state index in [1.165, 1.54) is 5.56 Å². The van der Waals surface area contributed by atoms with Crippen molar-refractivity contribution in [2.24, 2.45) is 20.5 Å². The topological polar surface area (TPSA) is 78.5 Å². The van der Waals surface area contributed by atoms with E-state index in [2.05, 4.69) is 56.4 Å². The molecule has 1 aromatic heterocycles. The summed E-state index contributed by atoms with van der Waals surface area (Å²) >= 11 is 0. The van der Waals surface area contributed by atoms with Crippen molar-refractivity contribution < 1.29 is 0 Å². The number of azo groups is 2. The van der Waals surface area contributed by atoms with Gasteiger partial charge >= 0.3 is 0 Å². The molecule has 0 bridgehead atoms. The van der Waals surface area contributed by atoms with Crippen LogP contribution >= 0.6 is 0 Å². The van der Waals surface area contributed by atoms with E-state index in [1.807, 2.05) is 55.4 Å². The van der Waals surface area contributed by atoms with Gasteiger partial charge in [0.15, 0.2) is 0 Å². The summed E-state index contributed by atoms with van der Waals surface area (Å²) in [6.07, 6.45) is 2.68. The number of benzene rings is 2. The van der Waals surface area contributed by atoms with Gasteiger partial charge in [-0.25, -0.2) is 9.97 Å². The van der Waals surface area contributed by atoms with Gasteiger partial charge in [0.05, 0.1) is 5.69 Å². The molecule has 3 aromatic rings. The van der Waals surface area contributed by atoms with Crippen molar-refractivity contribution >= 4 is 17.3 Å². The van der Waals surface area contributed by atoms with Crippen LogP contribution < -0.4 is 4.90 Å². The summed E-state index contributed by atoms with van der Waals surface area (Å²) in [5.41, 5.74) is 4.02. The Morgan fingerprint density at radius 3 is 1.93 bits per heavy atom. The predicted octanol–water partition coefficient (Wildman–Crippen LogP) is 6.23. The van der Waals surface area contributed by atoms with Crippen LogP contribution in [0, 0.1) is 0 Å². The van der Waals surface area contributed by atoms with Gasteiger partial charge in [-0.15, -0.1) is 5.11 Å². The van der Waals surface area contributed by atoms with Crippen molar-refractivity contribution in [2.45, 2.75) is 25.9 Å². The Kier molecular flexibility index (Phi) is 6.73. The SMILES string of the molecule is CC(C)c1ccc(C(N=Nc2ccc(N(C)C)cc2)N=Nc2ncccn2)cc1. The molecule has 2 aromatic carbocycles. The number of nitrogens with zero attached hydrogens (tertiary/aromatic N) is 7. The molecular formula is C22H25N7. The van der Waals surface area contributed by atoms with Crippen LogP contribution in [0.5, 0.6) is 0 Å². The van der Waals surface area contributed by atoms with Crippen molar-refractivity contribution in [1.82, 2.24) is 9.97 Å². The monoisotopic (exact) mass is 387 g/mol. The fourth-order valence-electron chi connectivity index (χ4n) is 2.60. The quantitative estimate of drug-likeness (QED) is 0.451. The highest BCUT2D eigenvalue weighted by Gasteiger charge is 2.10. The molecular weight excluding hydrogens is 362 g/mol. The molecule has 0 saturated carbocycles. The van der Waals surface area contributed by atoms with Crippen LogP contribution in [0.25, 0.3) is 0 Å². The zero-order chi connectivity index (χ0) is 20.6. The van der Waals surface area contributed by atoms with E-state index < -0.39 is 6.17 Å². The molecule has 1 unspecified atom stereocenters. The van der Waals surface area contributed by atoms with E-state index in [9.17, 15) is 0 Å². The summed E-state index contributed by atoms with van der Waals surface area (Å²) in [6.45, 7) is 4.33. The first-order chi connectivity index (χ1) is 14.0. The van der Waals surface area contributed by atoms with E-state index in [1.54, 1.807) is 18.5 Å². The average molecular weight is 387 g/mol. The fraction of sp³-hybridized carbons (Fsp3) is 0.273. The number of hydrogen-bond acceptors (Lipinski definition) is 7. The molecule has 0 N–H and O–H groups in total. The highest BCUT2D eigenvalue weighted by Crippen LogP contribution is 2.26. The highest BCUT2D eigenvalue weighted by molar-refractivity contribution is 5.51. The molecule has 148 valence electrons. The van der Waals surface area contributed by atoms with Crippen LogP contribution in [0.1, 0.15) is 37.1 Å². The normalized spacial score (nSPS) is 12.7. The molecule has 7 heteroatoms. The fourth-order valence-corrected chi connectivity index (χ4v) is 2.60. The first kappa shape index (κ1) is 20.3. The zero-order valence-corrected chi connectivity index (χ0v) is 17.1. The lowest BCUT2D eigenvalue weighted by Crippen LogP contribution is -2.07. The number of hydrogen-bond donors (Lipinski definition) is 0. The van der Waals surface area contributed by atoms with E-state index in [0.29, 0.717) is 11.9 Å². The minimum Gasteiger partial charge on any atom is -0.378 e. The summed E-state index contributed by atoms with van der Waals surface area (Å²) < 4.78 is 0. The van der Waals surface area contributed by atoms with Crippen molar-refractivity contribution in [3.63, 3.8) is 0 Å². The Morgan fingerprint density at radius 1 is 0.759 bits per heavy atom. The minimum absolute atomic E-state index is 0.293. The Labute approximate surface area is 171 Å². The van der Waals surface area contributed by atoms with Crippen molar-refractivity contribution in [2.75, 3.05) is 19.0 Å². The molecule has 1 atom stereocenters. The van der Waals surface area contributed by atoms with E-state index >= 15 is 0 Å². The first-order valence-electron chi connectivity index (χ1n) is 9.49. The zero-order valence-electron chi connectivity index (χ0n) is 17.1. The van der Waals surface area contributed by atoms with Crippen LogP contribution in [-0.4, -0.2) is 24.1 Å². The Hall–Kier alpha value is -3.48. The smallest absolute Gasteiger partial charge is 0.268 e. The van der Waals surface area contributed by atoms with Gasteiger partial charge in [-0.1, -0.05) is 38.1 Å². The second kappa shape index (κ2) is 9.64. The Morgan fingerprint density at radius 2 is 1.34 bits per heavy atom. The van der Waals surface area contributed by atoms with Gasteiger partial charge in [0, 0.05) is 37.7 Å². The lowest BCUT2D eigenvalue weighted by Gasteiger charge is -2.11. The van der Waals surface area contributed by atoms with Crippen molar-refractivity contribution in [1.29, 1.82) is 0 Å². The third-order valence-electron chi connectivity index (χ3n) is 4.36. The molecule has 7 nitrogen and oxygen atoms in total. The molecule has 0 fully saturated rings. The maximum atomic E-state index is 4.42. The van der Waals surface area contributed by atoms with Crippen LogP contribution in [-0.2, 0) is 0 Å². The number of anilines is 1. The predicted molar refractivity (Wildman–Crippen MR) is 115 cm³/mol. The second-order valence-electron chi connectivity index (χ2n) is 7.09. The average Bonchev–Trinajstić information content (AvgIpc) is 2.75. The first-order valence-corrected chi connectivity index (χ1v) is 9.49. The van der Waals surface area contributed by atoms with Gasteiger partial charge in [0.25, 0.3) is 5.95 Å². The number of aromatic nitrogens is 2. The van der Waals surface area contributed by atoms with Crippen molar-refractivity contribution in [3.8, 4) is 0 Å². The summed E-state index contributed by atoms with van der Waals surface area (Å²) in [5.74, 6) is 0.750. The summed E-state index contributed by atoms with van der Waals surface area (Å²) in [6, 6.07) is 17.8. The van der Waals surface area contributed by atoms with Gasteiger partial charge in [-0.05, 0) is 41.8 Å². The van der Waals surface area contributed by atoms with Gasteiger partial charge < -0.3 is 4.90 Å². The lowest BCUT2D eigenvalue weighted by molar-refractivity contribution is 0.683. The lowest BCUT2D eigenvalue weighted by atomic mass is 10.0. The molecule has 0 spiro atoms. The maximum Gasteiger partial charge on any atom is 0.268 e. The van der Waals surface area contributed by atoms with Crippen LogP contribution in [0.15, 0.2) is 87.4 Å². The van der Waals surface area contributed by atoms with Gasteiger partial charge in [0.1, 0.15) is 0 Å². The largest absolute Gasteiger partial charge is 0.378 e. The highest BCUT2D eigenvalue weighted by atomic mass is 15.3. The third kappa shape index (κ3) is 5.75. The summed E-state index contributed by atoms with van der Waals surface area (Å²) in [5, 5.41) is 17.3. The molecule has 29 heavy (non-hydrogen) atoms. The molecule has 3 rings (SSSR count). The standard InChI is InChI=1S/C22H25N7/c1-16(2)17-6-8-18(9-7-17)21(27-28-22-23-14-5-15-24-22)26-25-19-10-12-20(13-11-19)29(3)4/h5-16,21H,1-4H3. The molecule has 0 amide bonds. The molecule has 0 aliphatic rings. The van der Waals surface area contributed by atoms with Crippen LogP contribution in [0.2, 0.25) is 0 Å². The molecule has 0 saturated heterocycles. The maximum absolute atomic E-state index is 4.42. The molecule has 1 heterocycles.